The van der Waals surface area contributed by atoms with Gasteiger partial charge in [-0.15, -0.1) is 0 Å². The van der Waals surface area contributed by atoms with Crippen molar-refractivity contribution in [2.45, 2.75) is 37.8 Å². The molecule has 34 heavy (non-hydrogen) atoms. The van der Waals surface area contributed by atoms with Crippen molar-refractivity contribution in [3.8, 4) is 0 Å². The molecule has 0 aliphatic carbocycles. The highest BCUT2D eigenvalue weighted by Gasteiger charge is 2.70. The highest BCUT2D eigenvalue weighted by molar-refractivity contribution is 6.15. The van der Waals surface area contributed by atoms with Gasteiger partial charge in [-0.1, -0.05) is 31.5 Å². The molecule has 7 nitrogen and oxygen atoms in total. The Hall–Kier alpha value is -3.52. The van der Waals surface area contributed by atoms with Crippen LogP contribution in [0.3, 0.4) is 0 Å². The predicted octanol–water partition coefficient (Wildman–Crippen LogP) is 3.07. The molecule has 174 valence electrons. The molecule has 3 amide bonds. The van der Waals surface area contributed by atoms with E-state index in [1.807, 2.05) is 37.4 Å². The Kier molecular flexibility index (Phi) is 4.64. The van der Waals surface area contributed by atoms with Crippen LogP contribution in [0.25, 0.3) is 10.9 Å². The molecule has 1 spiro atoms. The molecule has 1 aromatic heterocycles. The van der Waals surface area contributed by atoms with Gasteiger partial charge < -0.3 is 10.3 Å². The molecule has 8 heteroatoms. The van der Waals surface area contributed by atoms with Crippen LogP contribution in [0.4, 0.5) is 10.1 Å². The number of H-pyrrole nitrogens is 1. The summed E-state index contributed by atoms with van der Waals surface area (Å²) in [6, 6.07) is 11.5. The Bertz CT molecular complexity index is 1350. The number of amides is 3. The third kappa shape index (κ3) is 2.75. The zero-order chi connectivity index (χ0) is 23.6. The minimum atomic E-state index is -1.48. The second kappa shape index (κ2) is 7.50. The van der Waals surface area contributed by atoms with Gasteiger partial charge in [0.15, 0.2) is 0 Å². The molecule has 0 radical (unpaired) electrons. The molecule has 2 fully saturated rings. The van der Waals surface area contributed by atoms with Crippen LogP contribution in [0.15, 0.2) is 48.7 Å². The number of nitrogens with zero attached hydrogens (tertiary/aromatic N) is 1. The summed E-state index contributed by atoms with van der Waals surface area (Å²) in [5.41, 5.74) is 1.36. The number of carbonyl (C=O) groups excluding carboxylic acids is 3. The Morgan fingerprint density at radius 3 is 2.74 bits per heavy atom. The minimum Gasteiger partial charge on any atom is -0.361 e. The molecule has 4 heterocycles. The van der Waals surface area contributed by atoms with Gasteiger partial charge in [0.05, 0.1) is 11.8 Å². The SMILES string of the molecule is CCCCN1C(=O)[C@@H]2[C@H](Cc3c[nH]c4ccccc34)N[C@@]3(C(=O)Nc4ccc(F)cc43)[C@@H]2C1=O. The molecule has 0 bridgehead atoms. The molecule has 3 N–H and O–H groups in total. The number of likely N-dealkylation sites (tertiary alicyclic amines) is 1. The third-order valence-electron chi connectivity index (χ3n) is 7.62. The normalized spacial score (nSPS) is 27.6. The summed E-state index contributed by atoms with van der Waals surface area (Å²) in [6.07, 6.45) is 3.89. The molecule has 4 atom stereocenters. The molecule has 2 aromatic carbocycles. The number of unbranched alkanes of at least 4 members (excludes halogenated alkanes) is 1. The van der Waals surface area contributed by atoms with Crippen molar-refractivity contribution < 1.29 is 18.8 Å². The van der Waals surface area contributed by atoms with Gasteiger partial charge >= 0.3 is 0 Å². The van der Waals surface area contributed by atoms with Crippen LogP contribution in [0, 0.1) is 17.7 Å². The van der Waals surface area contributed by atoms with Gasteiger partial charge in [0.2, 0.25) is 17.7 Å². The Morgan fingerprint density at radius 1 is 1.09 bits per heavy atom. The summed E-state index contributed by atoms with van der Waals surface area (Å²) in [6.45, 7) is 2.33. The summed E-state index contributed by atoms with van der Waals surface area (Å²) >= 11 is 0. The van der Waals surface area contributed by atoms with Crippen LogP contribution in [-0.2, 0) is 26.3 Å². The first-order valence-electron chi connectivity index (χ1n) is 11.7. The first-order valence-corrected chi connectivity index (χ1v) is 11.7. The van der Waals surface area contributed by atoms with E-state index in [0.717, 1.165) is 22.9 Å². The maximum atomic E-state index is 14.3. The number of para-hydroxylation sites is 1. The number of rotatable bonds is 5. The summed E-state index contributed by atoms with van der Waals surface area (Å²) < 4.78 is 14.3. The van der Waals surface area contributed by atoms with Crippen LogP contribution in [0.5, 0.6) is 0 Å². The molecule has 2 saturated heterocycles. The van der Waals surface area contributed by atoms with E-state index in [1.54, 1.807) is 0 Å². The Morgan fingerprint density at radius 2 is 1.91 bits per heavy atom. The zero-order valence-corrected chi connectivity index (χ0v) is 18.7. The van der Waals surface area contributed by atoms with Gasteiger partial charge in [0.25, 0.3) is 0 Å². The van der Waals surface area contributed by atoms with Gasteiger partial charge in [0.1, 0.15) is 11.4 Å². The monoisotopic (exact) mass is 460 g/mol. The van der Waals surface area contributed by atoms with Crippen molar-refractivity contribution in [1.29, 1.82) is 0 Å². The number of anilines is 1. The number of hydrogen-bond donors (Lipinski definition) is 3. The lowest BCUT2D eigenvalue weighted by Gasteiger charge is -2.29. The number of aromatic nitrogens is 1. The van der Waals surface area contributed by atoms with Crippen LogP contribution in [0.2, 0.25) is 0 Å². The molecule has 0 saturated carbocycles. The second-order valence-electron chi connectivity index (χ2n) is 9.45. The number of nitrogens with one attached hydrogen (secondary N) is 3. The van der Waals surface area contributed by atoms with Gasteiger partial charge in [-0.3, -0.25) is 24.6 Å². The molecule has 3 aliphatic rings. The van der Waals surface area contributed by atoms with Gasteiger partial charge in [-0.25, -0.2) is 4.39 Å². The number of aromatic amines is 1. The first kappa shape index (κ1) is 21.0. The van der Waals surface area contributed by atoms with E-state index in [9.17, 15) is 18.8 Å². The smallest absolute Gasteiger partial charge is 0.250 e. The van der Waals surface area contributed by atoms with Crippen LogP contribution in [-0.4, -0.2) is 40.2 Å². The fourth-order valence-electron chi connectivity index (χ4n) is 6.08. The zero-order valence-electron chi connectivity index (χ0n) is 18.7. The van der Waals surface area contributed by atoms with Crippen LogP contribution < -0.4 is 10.6 Å². The lowest BCUT2D eigenvalue weighted by atomic mass is 9.76. The van der Waals surface area contributed by atoms with Gasteiger partial charge in [-0.2, -0.15) is 0 Å². The molecular weight excluding hydrogens is 435 g/mol. The average molecular weight is 461 g/mol. The van der Waals surface area contributed by atoms with E-state index in [1.165, 1.54) is 23.1 Å². The fraction of sp³-hybridized carbons (Fsp3) is 0.346. The summed E-state index contributed by atoms with van der Waals surface area (Å²) in [4.78, 5) is 45.3. The highest BCUT2D eigenvalue weighted by atomic mass is 19.1. The topological polar surface area (TPSA) is 94.3 Å². The van der Waals surface area contributed by atoms with Crippen molar-refractivity contribution >= 4 is 34.3 Å². The number of hydrogen-bond acceptors (Lipinski definition) is 4. The van der Waals surface area contributed by atoms with Gasteiger partial charge in [0, 0.05) is 40.9 Å². The first-order chi connectivity index (χ1) is 16.5. The largest absolute Gasteiger partial charge is 0.361 e. The fourth-order valence-corrected chi connectivity index (χ4v) is 6.08. The average Bonchev–Trinajstić information content (AvgIpc) is 3.53. The standard InChI is InChI=1S/C26H25FN4O3/c1-2-3-10-31-23(32)21-20(11-14-13-28-18-7-5-4-6-16(14)18)30-26(22(21)24(31)33)17-12-15(27)8-9-19(17)29-25(26)34/h4-9,12-13,20-22,28,30H,2-3,10-11H2,1H3,(H,29,34)/t20-,21+,22-,26+/m0/s1. The van der Waals surface area contributed by atoms with E-state index >= 15 is 0 Å². The summed E-state index contributed by atoms with van der Waals surface area (Å²) in [7, 11) is 0. The van der Waals surface area contributed by atoms with E-state index in [4.69, 9.17) is 0 Å². The van der Waals surface area contributed by atoms with Crippen LogP contribution in [0.1, 0.15) is 30.9 Å². The van der Waals surface area contributed by atoms with Crippen molar-refractivity contribution in [2.24, 2.45) is 11.8 Å². The number of carbonyl (C=O) groups is 3. The molecule has 0 unspecified atom stereocenters. The quantitative estimate of drug-likeness (QED) is 0.510. The Balaban J connectivity index is 1.47. The number of fused-ring (bicyclic) bond motifs is 5. The van der Waals surface area contributed by atoms with E-state index in [2.05, 4.69) is 15.6 Å². The third-order valence-corrected chi connectivity index (χ3v) is 7.62. The van der Waals surface area contributed by atoms with Gasteiger partial charge in [-0.05, 0) is 42.7 Å². The van der Waals surface area contributed by atoms with E-state index < -0.39 is 35.1 Å². The number of halogens is 1. The highest BCUT2D eigenvalue weighted by Crippen LogP contribution is 2.53. The van der Waals surface area contributed by atoms with E-state index in [0.29, 0.717) is 30.6 Å². The number of imide groups is 1. The lowest BCUT2D eigenvalue weighted by Crippen LogP contribution is -2.53. The molecule has 6 rings (SSSR count). The molecular formula is C26H25FN4O3. The summed E-state index contributed by atoms with van der Waals surface area (Å²) in [5, 5.41) is 7.23. The van der Waals surface area contributed by atoms with E-state index in [-0.39, 0.29) is 11.8 Å². The lowest BCUT2D eigenvalue weighted by molar-refractivity contribution is -0.142. The molecule has 3 aliphatic heterocycles. The second-order valence-corrected chi connectivity index (χ2v) is 9.45. The Labute approximate surface area is 195 Å². The van der Waals surface area contributed by atoms with Crippen molar-refractivity contribution in [1.82, 2.24) is 15.2 Å². The van der Waals surface area contributed by atoms with Crippen molar-refractivity contribution in [2.75, 3.05) is 11.9 Å². The van der Waals surface area contributed by atoms with Crippen LogP contribution >= 0.6 is 0 Å². The molecule has 3 aromatic rings. The summed E-state index contributed by atoms with van der Waals surface area (Å²) in [5.74, 6) is -3.15. The maximum absolute atomic E-state index is 14.3. The van der Waals surface area contributed by atoms with Crippen molar-refractivity contribution in [3.05, 3.63) is 65.6 Å². The predicted molar refractivity (Wildman–Crippen MR) is 124 cm³/mol. The number of benzene rings is 2. The minimum absolute atomic E-state index is 0.254. The maximum Gasteiger partial charge on any atom is 0.250 e. The van der Waals surface area contributed by atoms with Crippen molar-refractivity contribution in [3.63, 3.8) is 0 Å².